The molecule has 0 unspecified atom stereocenters. The Bertz CT molecular complexity index is 619. The predicted octanol–water partition coefficient (Wildman–Crippen LogP) is 7.09. The lowest BCUT2D eigenvalue weighted by Gasteiger charge is -2.19. The van der Waals surface area contributed by atoms with Crippen LogP contribution in [0.15, 0.2) is 35.2 Å². The Morgan fingerprint density at radius 1 is 0.810 bits per heavy atom. The van der Waals surface area contributed by atoms with Gasteiger partial charge in [-0.1, -0.05) is 88.3 Å². The van der Waals surface area contributed by atoms with Gasteiger partial charge in [-0.25, -0.2) is 4.31 Å². The van der Waals surface area contributed by atoms with Crippen LogP contribution in [0.5, 0.6) is 0 Å². The first kappa shape index (κ1) is 17.6. The summed E-state index contributed by atoms with van der Waals surface area (Å²) in [6, 6.07) is 10.0. The summed E-state index contributed by atoms with van der Waals surface area (Å²) in [5, 5.41) is 1.21. The average Bonchev–Trinajstić information content (AvgIpc) is 2.48. The van der Waals surface area contributed by atoms with Gasteiger partial charge in [-0.2, -0.15) is 0 Å². The molecule has 0 aliphatic carbocycles. The van der Waals surface area contributed by atoms with Crippen molar-refractivity contribution in [1.82, 2.24) is 4.31 Å². The molecule has 112 valence electrons. The number of halogens is 5. The van der Waals surface area contributed by atoms with Crippen molar-refractivity contribution in [2.45, 2.75) is 11.4 Å². The summed E-state index contributed by atoms with van der Waals surface area (Å²) < 4.78 is 1.99. The molecule has 0 aromatic heterocycles. The molecule has 0 radical (unpaired) electrons. The van der Waals surface area contributed by atoms with E-state index in [2.05, 4.69) is 0 Å². The van der Waals surface area contributed by atoms with Crippen LogP contribution in [0.3, 0.4) is 0 Å². The van der Waals surface area contributed by atoms with Gasteiger partial charge in [0.05, 0.1) is 30.0 Å². The van der Waals surface area contributed by atoms with Crippen molar-refractivity contribution >= 4 is 70.0 Å². The van der Waals surface area contributed by atoms with Gasteiger partial charge in [-0.05, 0) is 24.6 Å². The van der Waals surface area contributed by atoms with E-state index in [1.54, 1.807) is 0 Å². The first-order valence-electron chi connectivity index (χ1n) is 5.86. The largest absolute Gasteiger partial charge is 0.245 e. The second-order valence-electron chi connectivity index (χ2n) is 4.26. The minimum Gasteiger partial charge on any atom is -0.245 e. The van der Waals surface area contributed by atoms with E-state index in [1.807, 2.05) is 41.7 Å². The zero-order valence-electron chi connectivity index (χ0n) is 10.8. The van der Waals surface area contributed by atoms with Gasteiger partial charge < -0.3 is 0 Å². The van der Waals surface area contributed by atoms with Crippen LogP contribution in [0, 0.1) is 0 Å². The number of rotatable bonds is 4. The van der Waals surface area contributed by atoms with Crippen molar-refractivity contribution in [2.24, 2.45) is 0 Å². The summed E-state index contributed by atoms with van der Waals surface area (Å²) >= 11 is 31.9. The van der Waals surface area contributed by atoms with Crippen molar-refractivity contribution in [1.29, 1.82) is 0 Å². The first-order valence-corrected chi connectivity index (χ1v) is 8.52. The summed E-state index contributed by atoms with van der Waals surface area (Å²) in [6.45, 7) is 0.718. The van der Waals surface area contributed by atoms with Crippen molar-refractivity contribution < 1.29 is 0 Å². The lowest BCUT2D eigenvalue weighted by molar-refractivity contribution is 0.564. The van der Waals surface area contributed by atoms with Gasteiger partial charge in [-0.15, -0.1) is 0 Å². The van der Waals surface area contributed by atoms with E-state index in [-0.39, 0.29) is 15.1 Å². The zero-order chi connectivity index (χ0) is 15.6. The molecule has 0 spiro atoms. The molecule has 7 heteroatoms. The summed E-state index contributed by atoms with van der Waals surface area (Å²) in [7, 11) is 1.93. The predicted molar refractivity (Wildman–Crippen MR) is 95.3 cm³/mol. The molecule has 2 rings (SSSR count). The molecule has 21 heavy (non-hydrogen) atoms. The number of benzene rings is 2. The molecule has 0 amide bonds. The third kappa shape index (κ3) is 4.14. The standard InChI is InChI=1S/C14H10Cl5NS/c1-20(7-8-5-3-2-4-6-8)21-14-12(18)10(16)9(15)11(17)13(14)19/h2-6H,7H2,1H3. The summed E-state index contributed by atoms with van der Waals surface area (Å²) in [6.07, 6.45) is 0. The third-order valence-electron chi connectivity index (χ3n) is 2.66. The van der Waals surface area contributed by atoms with Gasteiger partial charge in [0.1, 0.15) is 0 Å². The fourth-order valence-electron chi connectivity index (χ4n) is 1.69. The Hall–Kier alpha value is 0.200. The average molecular weight is 402 g/mol. The highest BCUT2D eigenvalue weighted by Crippen LogP contribution is 2.48. The minimum atomic E-state index is 0.170. The Kier molecular flexibility index (Phi) is 6.39. The van der Waals surface area contributed by atoms with Crippen LogP contribution in [-0.4, -0.2) is 11.4 Å². The van der Waals surface area contributed by atoms with Crippen molar-refractivity contribution in [3.63, 3.8) is 0 Å². The van der Waals surface area contributed by atoms with Gasteiger partial charge >= 0.3 is 0 Å². The molecular weight excluding hydrogens is 391 g/mol. The highest BCUT2D eigenvalue weighted by atomic mass is 35.5. The van der Waals surface area contributed by atoms with E-state index < -0.39 is 0 Å². The molecule has 1 nitrogen and oxygen atoms in total. The maximum Gasteiger partial charge on any atom is 0.0809 e. The van der Waals surface area contributed by atoms with E-state index >= 15 is 0 Å². The quantitative estimate of drug-likeness (QED) is 0.305. The Morgan fingerprint density at radius 2 is 1.29 bits per heavy atom. The second kappa shape index (κ2) is 7.65. The smallest absolute Gasteiger partial charge is 0.0809 e. The molecule has 0 fully saturated rings. The van der Waals surface area contributed by atoms with E-state index in [4.69, 9.17) is 58.0 Å². The summed E-state index contributed by atoms with van der Waals surface area (Å²) in [4.78, 5) is 0.594. The third-order valence-corrected chi connectivity index (χ3v) is 6.20. The van der Waals surface area contributed by atoms with Gasteiger partial charge in [0, 0.05) is 6.54 Å². The summed E-state index contributed by atoms with van der Waals surface area (Å²) in [5.41, 5.74) is 1.17. The van der Waals surface area contributed by atoms with Crippen LogP contribution in [-0.2, 0) is 6.54 Å². The molecular formula is C14H10Cl5NS. The zero-order valence-corrected chi connectivity index (χ0v) is 15.4. The lowest BCUT2D eigenvalue weighted by atomic mass is 10.2. The lowest BCUT2D eigenvalue weighted by Crippen LogP contribution is -2.08. The number of hydrogen-bond acceptors (Lipinski definition) is 2. The van der Waals surface area contributed by atoms with Gasteiger partial charge in [0.25, 0.3) is 0 Å². The van der Waals surface area contributed by atoms with Gasteiger partial charge in [-0.3, -0.25) is 0 Å². The van der Waals surface area contributed by atoms with Crippen LogP contribution in [0.25, 0.3) is 0 Å². The Labute approximate surface area is 153 Å². The van der Waals surface area contributed by atoms with Crippen molar-refractivity contribution in [2.75, 3.05) is 7.05 Å². The van der Waals surface area contributed by atoms with Crippen LogP contribution in [0.4, 0.5) is 0 Å². The highest BCUT2D eigenvalue weighted by Gasteiger charge is 2.21. The summed E-state index contributed by atoms with van der Waals surface area (Å²) in [5.74, 6) is 0. The SMILES string of the molecule is CN(Cc1ccccc1)Sc1c(Cl)c(Cl)c(Cl)c(Cl)c1Cl. The Balaban J connectivity index is 2.24. The van der Waals surface area contributed by atoms with Crippen LogP contribution in [0.1, 0.15) is 5.56 Å². The minimum absolute atomic E-state index is 0.170. The molecule has 2 aromatic carbocycles. The van der Waals surface area contributed by atoms with Crippen LogP contribution < -0.4 is 0 Å². The molecule has 0 N–H and O–H groups in total. The second-order valence-corrected chi connectivity index (χ2v) is 7.37. The van der Waals surface area contributed by atoms with Crippen molar-refractivity contribution in [3.05, 3.63) is 61.0 Å². The number of hydrogen-bond donors (Lipinski definition) is 0. The van der Waals surface area contributed by atoms with Crippen LogP contribution in [0.2, 0.25) is 25.1 Å². The molecule has 0 atom stereocenters. The van der Waals surface area contributed by atoms with Crippen molar-refractivity contribution in [3.8, 4) is 0 Å². The first-order chi connectivity index (χ1) is 9.91. The molecule has 0 heterocycles. The van der Waals surface area contributed by atoms with E-state index in [1.165, 1.54) is 17.5 Å². The van der Waals surface area contributed by atoms with Crippen LogP contribution >= 0.6 is 70.0 Å². The monoisotopic (exact) mass is 399 g/mol. The molecule has 0 bridgehead atoms. The van der Waals surface area contributed by atoms with Gasteiger partial charge in [0.2, 0.25) is 0 Å². The van der Waals surface area contributed by atoms with E-state index in [0.29, 0.717) is 14.9 Å². The maximum atomic E-state index is 6.22. The van der Waals surface area contributed by atoms with Gasteiger partial charge in [0.15, 0.2) is 0 Å². The topological polar surface area (TPSA) is 3.24 Å². The molecule has 0 aliphatic heterocycles. The Morgan fingerprint density at radius 3 is 1.81 bits per heavy atom. The molecule has 2 aromatic rings. The maximum absolute atomic E-state index is 6.22. The fourth-order valence-corrected chi connectivity index (χ4v) is 4.04. The molecule has 0 aliphatic rings. The normalized spacial score (nSPS) is 11.2. The molecule has 0 saturated heterocycles. The number of nitrogens with zero attached hydrogens (tertiary/aromatic N) is 1. The fraction of sp³-hybridized carbons (Fsp3) is 0.143. The molecule has 0 saturated carbocycles. The van der Waals surface area contributed by atoms with E-state index in [9.17, 15) is 0 Å². The van der Waals surface area contributed by atoms with E-state index in [0.717, 1.165) is 6.54 Å². The highest BCUT2D eigenvalue weighted by molar-refractivity contribution is 7.97.